The highest BCUT2D eigenvalue weighted by molar-refractivity contribution is 5.32. The molecule has 1 aromatic rings. The van der Waals surface area contributed by atoms with Crippen LogP contribution in [-0.4, -0.2) is 6.54 Å². The highest BCUT2D eigenvalue weighted by atomic mass is 19.1. The molecule has 0 bridgehead atoms. The predicted octanol–water partition coefficient (Wildman–Crippen LogP) is 3.50. The summed E-state index contributed by atoms with van der Waals surface area (Å²) in [5, 5.41) is 3.54. The molecule has 2 heteroatoms. The molecule has 0 spiro atoms. The highest BCUT2D eigenvalue weighted by Crippen LogP contribution is 2.27. The van der Waals surface area contributed by atoms with Gasteiger partial charge in [0.25, 0.3) is 0 Å². The van der Waals surface area contributed by atoms with Gasteiger partial charge in [-0.25, -0.2) is 4.39 Å². The molecule has 1 heterocycles. The van der Waals surface area contributed by atoms with E-state index in [9.17, 15) is 4.39 Å². The number of halogens is 1. The van der Waals surface area contributed by atoms with Crippen LogP contribution >= 0.6 is 0 Å². The number of nitrogens with one attached hydrogen (secondary N) is 1. The molecule has 0 radical (unpaired) electrons. The lowest BCUT2D eigenvalue weighted by Crippen LogP contribution is -2.32. The van der Waals surface area contributed by atoms with Crippen molar-refractivity contribution in [3.05, 3.63) is 34.6 Å². The molecule has 2 rings (SSSR count). The normalized spacial score (nSPS) is 25.8. The quantitative estimate of drug-likeness (QED) is 0.765. The summed E-state index contributed by atoms with van der Waals surface area (Å²) >= 11 is 0. The van der Waals surface area contributed by atoms with Crippen LogP contribution < -0.4 is 5.32 Å². The number of rotatable bonds is 1. The molecule has 88 valence electrons. The standard InChI is InChI=1S/C14H20FN/c1-9-4-5-13(16-8-9)12-6-10(2)14(15)11(3)7-12/h6-7,9,13,16H,4-5,8H2,1-3H3. The van der Waals surface area contributed by atoms with Crippen molar-refractivity contribution in [2.45, 2.75) is 39.7 Å². The van der Waals surface area contributed by atoms with Crippen LogP contribution in [0.1, 0.15) is 42.5 Å². The molecule has 1 nitrogen and oxygen atoms in total. The summed E-state index contributed by atoms with van der Waals surface area (Å²) in [7, 11) is 0. The van der Waals surface area contributed by atoms with E-state index in [1.165, 1.54) is 12.0 Å². The Morgan fingerprint density at radius 2 is 1.81 bits per heavy atom. The molecule has 0 saturated carbocycles. The molecular weight excluding hydrogens is 201 g/mol. The predicted molar refractivity (Wildman–Crippen MR) is 65.0 cm³/mol. The molecule has 1 saturated heterocycles. The fourth-order valence-electron chi connectivity index (χ4n) is 2.46. The molecule has 1 fully saturated rings. The van der Waals surface area contributed by atoms with Crippen molar-refractivity contribution >= 4 is 0 Å². The first kappa shape index (κ1) is 11.6. The third-order valence-corrected chi connectivity index (χ3v) is 3.52. The van der Waals surface area contributed by atoms with E-state index in [1.54, 1.807) is 0 Å². The summed E-state index contributed by atoms with van der Waals surface area (Å²) in [6.45, 7) is 7.03. The van der Waals surface area contributed by atoms with Crippen molar-refractivity contribution < 1.29 is 4.39 Å². The number of benzene rings is 1. The molecule has 1 N–H and O–H groups in total. The Morgan fingerprint density at radius 3 is 2.31 bits per heavy atom. The second-order valence-corrected chi connectivity index (χ2v) is 5.11. The van der Waals surface area contributed by atoms with Crippen LogP contribution in [0.15, 0.2) is 12.1 Å². The Kier molecular flexibility index (Phi) is 3.29. The molecule has 1 aliphatic heterocycles. The molecule has 0 aliphatic carbocycles. The van der Waals surface area contributed by atoms with Crippen LogP contribution in [0.2, 0.25) is 0 Å². The van der Waals surface area contributed by atoms with Gasteiger partial charge >= 0.3 is 0 Å². The summed E-state index contributed by atoms with van der Waals surface area (Å²) in [5.74, 6) is 0.701. The van der Waals surface area contributed by atoms with Crippen LogP contribution in [0, 0.1) is 25.6 Å². The molecule has 16 heavy (non-hydrogen) atoms. The van der Waals surface area contributed by atoms with Gasteiger partial charge in [0, 0.05) is 6.04 Å². The number of aryl methyl sites for hydroxylation is 2. The van der Waals surface area contributed by atoms with Crippen molar-refractivity contribution in [1.82, 2.24) is 5.32 Å². The van der Waals surface area contributed by atoms with Crippen molar-refractivity contribution in [2.24, 2.45) is 5.92 Å². The van der Waals surface area contributed by atoms with Gasteiger partial charge in [-0.2, -0.15) is 0 Å². The maximum atomic E-state index is 13.5. The molecule has 0 amide bonds. The topological polar surface area (TPSA) is 12.0 Å². The summed E-state index contributed by atoms with van der Waals surface area (Å²) in [6, 6.07) is 4.38. The molecule has 2 atom stereocenters. The third kappa shape index (κ3) is 2.27. The van der Waals surface area contributed by atoms with Crippen molar-refractivity contribution in [3.63, 3.8) is 0 Å². The number of hydrogen-bond donors (Lipinski definition) is 1. The first-order valence-electron chi connectivity index (χ1n) is 6.08. The van der Waals surface area contributed by atoms with E-state index in [2.05, 4.69) is 12.2 Å². The maximum Gasteiger partial charge on any atom is 0.129 e. The fraction of sp³-hybridized carbons (Fsp3) is 0.571. The Balaban J connectivity index is 2.21. The first-order chi connectivity index (χ1) is 7.58. The minimum Gasteiger partial charge on any atom is -0.310 e. The van der Waals surface area contributed by atoms with Crippen LogP contribution in [-0.2, 0) is 0 Å². The lowest BCUT2D eigenvalue weighted by atomic mass is 9.90. The third-order valence-electron chi connectivity index (χ3n) is 3.52. The lowest BCUT2D eigenvalue weighted by molar-refractivity contribution is 0.332. The monoisotopic (exact) mass is 221 g/mol. The summed E-state index contributed by atoms with van der Waals surface area (Å²) in [6.07, 6.45) is 2.42. The molecule has 2 unspecified atom stereocenters. The summed E-state index contributed by atoms with van der Waals surface area (Å²) in [5.41, 5.74) is 2.76. The fourth-order valence-corrected chi connectivity index (χ4v) is 2.46. The van der Waals surface area contributed by atoms with E-state index >= 15 is 0 Å². The smallest absolute Gasteiger partial charge is 0.129 e. The van der Waals surface area contributed by atoms with E-state index in [-0.39, 0.29) is 5.82 Å². The zero-order valence-corrected chi connectivity index (χ0v) is 10.3. The molecule has 1 aromatic carbocycles. The molecule has 0 aromatic heterocycles. The molecular formula is C14H20FN. The second kappa shape index (κ2) is 4.54. The van der Waals surface area contributed by atoms with E-state index in [4.69, 9.17) is 0 Å². The largest absolute Gasteiger partial charge is 0.310 e. The SMILES string of the molecule is Cc1cc(C2CCC(C)CN2)cc(C)c1F. The van der Waals surface area contributed by atoms with Gasteiger partial charge in [0.2, 0.25) is 0 Å². The van der Waals surface area contributed by atoms with Gasteiger partial charge in [0.15, 0.2) is 0 Å². The van der Waals surface area contributed by atoms with Gasteiger partial charge in [-0.1, -0.05) is 19.1 Å². The average Bonchev–Trinajstić information content (AvgIpc) is 2.26. The van der Waals surface area contributed by atoms with Gasteiger partial charge in [0.05, 0.1) is 0 Å². The van der Waals surface area contributed by atoms with Crippen molar-refractivity contribution in [3.8, 4) is 0 Å². The van der Waals surface area contributed by atoms with Crippen molar-refractivity contribution in [2.75, 3.05) is 6.54 Å². The number of hydrogen-bond acceptors (Lipinski definition) is 1. The average molecular weight is 221 g/mol. The van der Waals surface area contributed by atoms with Crippen LogP contribution in [0.25, 0.3) is 0 Å². The zero-order chi connectivity index (χ0) is 11.7. The Hall–Kier alpha value is -0.890. The van der Waals surface area contributed by atoms with Crippen LogP contribution in [0.4, 0.5) is 4.39 Å². The first-order valence-corrected chi connectivity index (χ1v) is 6.08. The maximum absolute atomic E-state index is 13.5. The lowest BCUT2D eigenvalue weighted by Gasteiger charge is -2.28. The zero-order valence-electron chi connectivity index (χ0n) is 10.3. The van der Waals surface area contributed by atoms with E-state index in [1.807, 2.05) is 26.0 Å². The van der Waals surface area contributed by atoms with Gasteiger partial charge in [-0.3, -0.25) is 0 Å². The number of piperidine rings is 1. The van der Waals surface area contributed by atoms with E-state index < -0.39 is 0 Å². The van der Waals surface area contributed by atoms with Gasteiger partial charge in [0.1, 0.15) is 5.82 Å². The van der Waals surface area contributed by atoms with Gasteiger partial charge in [-0.05, 0) is 55.8 Å². The van der Waals surface area contributed by atoms with E-state index in [0.29, 0.717) is 6.04 Å². The summed E-state index contributed by atoms with van der Waals surface area (Å²) < 4.78 is 13.5. The van der Waals surface area contributed by atoms with E-state index in [0.717, 1.165) is 30.0 Å². The van der Waals surface area contributed by atoms with Crippen LogP contribution in [0.3, 0.4) is 0 Å². The Labute approximate surface area is 97.1 Å². The minimum atomic E-state index is -0.0621. The van der Waals surface area contributed by atoms with Gasteiger partial charge < -0.3 is 5.32 Å². The highest BCUT2D eigenvalue weighted by Gasteiger charge is 2.19. The van der Waals surface area contributed by atoms with Gasteiger partial charge in [-0.15, -0.1) is 0 Å². The summed E-state index contributed by atoms with van der Waals surface area (Å²) in [4.78, 5) is 0. The van der Waals surface area contributed by atoms with Crippen LogP contribution in [0.5, 0.6) is 0 Å². The Bertz CT molecular complexity index is 355. The van der Waals surface area contributed by atoms with Crippen molar-refractivity contribution in [1.29, 1.82) is 0 Å². The Morgan fingerprint density at radius 1 is 1.19 bits per heavy atom. The second-order valence-electron chi connectivity index (χ2n) is 5.11. The molecule has 1 aliphatic rings. The minimum absolute atomic E-state index is 0.0621.